The minimum absolute atomic E-state index is 0.0611. The van der Waals surface area contributed by atoms with Crippen molar-refractivity contribution in [2.45, 2.75) is 19.4 Å². The number of carbonyl (C=O) groups excluding carboxylic acids is 1. The van der Waals surface area contributed by atoms with Gasteiger partial charge in [-0.3, -0.25) is 4.79 Å². The fourth-order valence-electron chi connectivity index (χ4n) is 2.40. The predicted octanol–water partition coefficient (Wildman–Crippen LogP) is 3.20. The second kappa shape index (κ2) is 7.23. The Morgan fingerprint density at radius 1 is 1.17 bits per heavy atom. The van der Waals surface area contributed by atoms with Crippen molar-refractivity contribution < 1.29 is 4.79 Å². The fourth-order valence-corrected chi connectivity index (χ4v) is 2.53. The van der Waals surface area contributed by atoms with Crippen molar-refractivity contribution in [1.29, 1.82) is 0 Å². The maximum Gasteiger partial charge on any atom is 0.251 e. The average Bonchev–Trinajstić information content (AvgIpc) is 3.15. The summed E-state index contributed by atoms with van der Waals surface area (Å²) in [6.45, 7) is 2.03. The van der Waals surface area contributed by atoms with E-state index in [9.17, 15) is 4.79 Å². The molecule has 1 heterocycles. The lowest BCUT2D eigenvalue weighted by atomic mass is 10.0. The first kappa shape index (κ1) is 16.1. The Labute approximate surface area is 144 Å². The van der Waals surface area contributed by atoms with E-state index in [1.54, 1.807) is 24.3 Å². The lowest BCUT2D eigenvalue weighted by Crippen LogP contribution is -2.28. The van der Waals surface area contributed by atoms with Crippen LogP contribution in [0.4, 0.5) is 0 Å². The molecule has 6 nitrogen and oxygen atoms in total. The number of carbonyl (C=O) groups is 1. The van der Waals surface area contributed by atoms with Crippen LogP contribution >= 0.6 is 11.6 Å². The van der Waals surface area contributed by atoms with Crippen LogP contribution in [0.3, 0.4) is 0 Å². The Bertz CT molecular complexity index is 800. The highest BCUT2D eigenvalue weighted by Crippen LogP contribution is 2.20. The van der Waals surface area contributed by atoms with Crippen molar-refractivity contribution in [3.63, 3.8) is 0 Å². The van der Waals surface area contributed by atoms with Crippen LogP contribution < -0.4 is 5.32 Å². The summed E-state index contributed by atoms with van der Waals surface area (Å²) in [6.07, 6.45) is 2.29. The molecule has 0 aliphatic heterocycles. The number of hydrogen-bond donors (Lipinski definition) is 1. The molecule has 0 aliphatic rings. The van der Waals surface area contributed by atoms with Crippen LogP contribution in [-0.2, 0) is 0 Å². The third-order valence-corrected chi connectivity index (χ3v) is 3.98. The lowest BCUT2D eigenvalue weighted by molar-refractivity contribution is 0.0935. The number of nitrogens with zero attached hydrogens (tertiary/aromatic N) is 4. The van der Waals surface area contributed by atoms with E-state index >= 15 is 0 Å². The molecule has 3 aromatic rings. The maximum atomic E-state index is 12.5. The van der Waals surface area contributed by atoms with Gasteiger partial charge < -0.3 is 5.32 Å². The molecule has 24 heavy (non-hydrogen) atoms. The van der Waals surface area contributed by atoms with E-state index in [-0.39, 0.29) is 11.9 Å². The molecule has 1 aromatic heterocycles. The summed E-state index contributed by atoms with van der Waals surface area (Å²) in [5, 5.41) is 14.7. The Morgan fingerprint density at radius 3 is 2.46 bits per heavy atom. The van der Waals surface area contributed by atoms with Gasteiger partial charge in [-0.1, -0.05) is 30.7 Å². The van der Waals surface area contributed by atoms with Crippen molar-refractivity contribution in [2.24, 2.45) is 0 Å². The molecule has 0 radical (unpaired) electrons. The van der Waals surface area contributed by atoms with Crippen molar-refractivity contribution in [3.05, 3.63) is 71.0 Å². The van der Waals surface area contributed by atoms with Gasteiger partial charge >= 0.3 is 0 Å². The normalized spacial score (nSPS) is 11.9. The van der Waals surface area contributed by atoms with E-state index < -0.39 is 0 Å². The molecular weight excluding hydrogens is 326 g/mol. The molecule has 0 fully saturated rings. The summed E-state index contributed by atoms with van der Waals surface area (Å²) in [6, 6.07) is 14.5. The number of rotatable bonds is 5. The second-order valence-electron chi connectivity index (χ2n) is 5.29. The molecule has 122 valence electrons. The van der Waals surface area contributed by atoms with Crippen molar-refractivity contribution in [3.8, 4) is 5.69 Å². The van der Waals surface area contributed by atoms with Gasteiger partial charge in [0.2, 0.25) is 0 Å². The largest absolute Gasteiger partial charge is 0.345 e. The molecule has 0 bridgehead atoms. The number of hydrogen-bond acceptors (Lipinski definition) is 4. The van der Waals surface area contributed by atoms with Crippen molar-refractivity contribution in [2.75, 3.05) is 0 Å². The molecule has 7 heteroatoms. The quantitative estimate of drug-likeness (QED) is 0.773. The molecule has 1 N–H and O–H groups in total. The van der Waals surface area contributed by atoms with Gasteiger partial charge in [-0.2, -0.15) is 0 Å². The molecule has 3 rings (SSSR count). The molecule has 0 aliphatic carbocycles. The van der Waals surface area contributed by atoms with E-state index in [0.717, 1.165) is 17.7 Å². The van der Waals surface area contributed by atoms with Crippen LogP contribution in [0.15, 0.2) is 54.9 Å². The highest BCUT2D eigenvalue weighted by Gasteiger charge is 2.14. The summed E-state index contributed by atoms with van der Waals surface area (Å²) in [7, 11) is 0. The SMILES string of the molecule is CC[C@H](NC(=O)c1ccc(-n2cnnn2)cc1)c1ccc(Cl)cc1. The summed E-state index contributed by atoms with van der Waals surface area (Å²) in [4.78, 5) is 12.5. The van der Waals surface area contributed by atoms with Gasteiger partial charge in [0, 0.05) is 10.6 Å². The number of halogens is 1. The molecule has 2 aromatic carbocycles. The Morgan fingerprint density at radius 2 is 1.88 bits per heavy atom. The Kier molecular flexibility index (Phi) is 4.86. The third kappa shape index (κ3) is 3.60. The van der Waals surface area contributed by atoms with Gasteiger partial charge in [0.15, 0.2) is 0 Å². The zero-order chi connectivity index (χ0) is 16.9. The highest BCUT2D eigenvalue weighted by molar-refractivity contribution is 6.30. The number of nitrogens with one attached hydrogen (secondary N) is 1. The highest BCUT2D eigenvalue weighted by atomic mass is 35.5. The van der Waals surface area contributed by atoms with E-state index in [0.29, 0.717) is 10.6 Å². The van der Waals surface area contributed by atoms with Crippen LogP contribution in [0.2, 0.25) is 5.02 Å². The molecule has 0 unspecified atom stereocenters. The van der Waals surface area contributed by atoms with Gasteiger partial charge in [-0.05, 0) is 58.8 Å². The first-order valence-electron chi connectivity index (χ1n) is 7.57. The first-order chi connectivity index (χ1) is 11.7. The standard InChI is InChI=1S/C17H16ClN5O/c1-2-16(12-3-7-14(18)8-4-12)20-17(24)13-5-9-15(10-6-13)23-11-19-21-22-23/h3-11,16H,2H2,1H3,(H,20,24)/t16-/m0/s1. The smallest absolute Gasteiger partial charge is 0.251 e. The van der Waals surface area contributed by atoms with Gasteiger partial charge in [0.1, 0.15) is 6.33 Å². The van der Waals surface area contributed by atoms with Crippen LogP contribution in [-0.4, -0.2) is 26.1 Å². The monoisotopic (exact) mass is 341 g/mol. The minimum Gasteiger partial charge on any atom is -0.345 e. The topological polar surface area (TPSA) is 72.7 Å². The fraction of sp³-hybridized carbons (Fsp3) is 0.176. The second-order valence-corrected chi connectivity index (χ2v) is 5.72. The van der Waals surface area contributed by atoms with E-state index in [1.165, 1.54) is 11.0 Å². The minimum atomic E-state index is -0.125. The summed E-state index contributed by atoms with van der Waals surface area (Å²) >= 11 is 5.91. The van der Waals surface area contributed by atoms with Gasteiger partial charge in [0.05, 0.1) is 11.7 Å². The van der Waals surface area contributed by atoms with E-state index in [2.05, 4.69) is 20.8 Å². The molecule has 1 amide bonds. The molecule has 1 atom stereocenters. The zero-order valence-corrected chi connectivity index (χ0v) is 13.8. The van der Waals surface area contributed by atoms with Gasteiger partial charge in [-0.15, -0.1) is 5.10 Å². The van der Waals surface area contributed by atoms with Crippen LogP contribution in [0, 0.1) is 0 Å². The van der Waals surface area contributed by atoms with Crippen LogP contribution in [0.1, 0.15) is 35.3 Å². The molecular formula is C17H16ClN5O. The van der Waals surface area contributed by atoms with Crippen molar-refractivity contribution >= 4 is 17.5 Å². The molecule has 0 saturated heterocycles. The van der Waals surface area contributed by atoms with E-state index in [1.807, 2.05) is 31.2 Å². The van der Waals surface area contributed by atoms with Gasteiger partial charge in [-0.25, -0.2) is 4.68 Å². The molecule has 0 saturated carbocycles. The maximum absolute atomic E-state index is 12.5. The number of benzene rings is 2. The third-order valence-electron chi connectivity index (χ3n) is 3.73. The van der Waals surface area contributed by atoms with Crippen LogP contribution in [0.25, 0.3) is 5.69 Å². The van der Waals surface area contributed by atoms with Crippen LogP contribution in [0.5, 0.6) is 0 Å². The van der Waals surface area contributed by atoms with Gasteiger partial charge in [0.25, 0.3) is 5.91 Å². The number of aromatic nitrogens is 4. The number of tetrazole rings is 1. The summed E-state index contributed by atoms with van der Waals surface area (Å²) in [5.41, 5.74) is 2.40. The Balaban J connectivity index is 1.72. The van der Waals surface area contributed by atoms with E-state index in [4.69, 9.17) is 11.6 Å². The summed E-state index contributed by atoms with van der Waals surface area (Å²) < 4.78 is 1.53. The molecule has 0 spiro atoms. The zero-order valence-electron chi connectivity index (χ0n) is 13.1. The Hall–Kier alpha value is -2.73. The van der Waals surface area contributed by atoms with Crippen molar-refractivity contribution in [1.82, 2.24) is 25.5 Å². The number of amides is 1. The lowest BCUT2D eigenvalue weighted by Gasteiger charge is -2.17. The first-order valence-corrected chi connectivity index (χ1v) is 7.95. The summed E-state index contributed by atoms with van der Waals surface area (Å²) in [5.74, 6) is -0.125. The average molecular weight is 342 g/mol. The predicted molar refractivity (Wildman–Crippen MR) is 91.1 cm³/mol.